The van der Waals surface area contributed by atoms with Crippen LogP contribution in [0.3, 0.4) is 0 Å². The number of carboxylic acid groups (broad SMARTS) is 2. The summed E-state index contributed by atoms with van der Waals surface area (Å²) in [6.45, 7) is 5.22. The highest BCUT2D eigenvalue weighted by molar-refractivity contribution is 7.80. The van der Waals surface area contributed by atoms with E-state index in [0.717, 1.165) is 0 Å². The van der Waals surface area contributed by atoms with E-state index < -0.39 is 84.1 Å². The minimum Gasteiger partial charge on any atom is -0.481 e. The number of hydrogen-bond donors (Lipinski definition) is 9. The van der Waals surface area contributed by atoms with E-state index in [2.05, 4.69) is 39.2 Å². The molecule has 0 fully saturated rings. The summed E-state index contributed by atoms with van der Waals surface area (Å²) in [5, 5.41) is 29.2. The van der Waals surface area contributed by atoms with Crippen molar-refractivity contribution in [2.75, 3.05) is 5.75 Å². The van der Waals surface area contributed by atoms with Crippen molar-refractivity contribution in [3.05, 3.63) is 0 Å². The van der Waals surface area contributed by atoms with Crippen LogP contribution in [0.4, 0.5) is 0 Å². The molecule has 0 saturated heterocycles. The second-order valence-corrected chi connectivity index (χ2v) is 8.09. The van der Waals surface area contributed by atoms with E-state index >= 15 is 0 Å². The zero-order valence-electron chi connectivity index (χ0n) is 19.7. The van der Waals surface area contributed by atoms with Crippen LogP contribution in [0.25, 0.3) is 0 Å². The summed E-state index contributed by atoms with van der Waals surface area (Å²) in [5.74, 6) is -7.07. The topological polar surface area (TPSA) is 246 Å². The summed E-state index contributed by atoms with van der Waals surface area (Å²) in [6.07, 6.45) is -0.820. The van der Waals surface area contributed by atoms with E-state index in [1.807, 2.05) is 0 Å². The van der Waals surface area contributed by atoms with Crippen LogP contribution in [0.5, 0.6) is 0 Å². The van der Waals surface area contributed by atoms with Gasteiger partial charge in [-0.1, -0.05) is 0 Å². The largest absolute Gasteiger partial charge is 0.481 e. The Kier molecular flexibility index (Phi) is 13.3. The molecule has 0 aliphatic heterocycles. The Morgan fingerprint density at radius 1 is 0.657 bits per heavy atom. The van der Waals surface area contributed by atoms with Crippen molar-refractivity contribution >= 4 is 54.1 Å². The van der Waals surface area contributed by atoms with Crippen molar-refractivity contribution in [1.29, 1.82) is 0 Å². The highest BCUT2D eigenvalue weighted by atomic mass is 32.1. The molecule has 0 aromatic carbocycles. The fourth-order valence-electron chi connectivity index (χ4n) is 2.36. The van der Waals surface area contributed by atoms with Gasteiger partial charge in [0.2, 0.25) is 29.5 Å². The fraction of sp³-hybridized carbons (Fsp3) is 0.632. The molecule has 0 aromatic heterocycles. The molecule has 0 spiro atoms. The SMILES string of the molecule is C[C@H](N)C(=O)N[C@@H](C)C(=O)N[C@@H](CC(=O)O)C(=O)N[C@@H](C)C(=O)N[C@@H](C)C(=O)N[C@@H](CS)C(=O)O. The Hall–Kier alpha value is -3.40. The second kappa shape index (κ2) is 14.8. The Bertz CT molecular complexity index is 838. The number of aliphatic carboxylic acids is 2. The number of rotatable bonds is 14. The molecule has 9 N–H and O–H groups in total. The zero-order valence-corrected chi connectivity index (χ0v) is 20.5. The molecule has 35 heavy (non-hydrogen) atoms. The van der Waals surface area contributed by atoms with Crippen molar-refractivity contribution in [1.82, 2.24) is 26.6 Å². The smallest absolute Gasteiger partial charge is 0.327 e. The quantitative estimate of drug-likeness (QED) is 0.101. The first-order valence-corrected chi connectivity index (χ1v) is 11.1. The van der Waals surface area contributed by atoms with Gasteiger partial charge in [-0.2, -0.15) is 12.6 Å². The van der Waals surface area contributed by atoms with Crippen LogP contribution >= 0.6 is 12.6 Å². The first-order valence-electron chi connectivity index (χ1n) is 10.4. The van der Waals surface area contributed by atoms with Crippen molar-refractivity contribution in [2.45, 2.75) is 70.4 Å². The molecule has 0 aliphatic carbocycles. The summed E-state index contributed by atoms with van der Waals surface area (Å²) >= 11 is 3.81. The lowest BCUT2D eigenvalue weighted by atomic mass is 10.1. The number of carboxylic acids is 2. The van der Waals surface area contributed by atoms with Gasteiger partial charge in [-0.15, -0.1) is 0 Å². The predicted octanol–water partition coefficient (Wildman–Crippen LogP) is -3.69. The molecule has 0 aromatic rings. The molecular formula is C19H32N6O9S. The van der Waals surface area contributed by atoms with Crippen molar-refractivity contribution in [2.24, 2.45) is 5.73 Å². The van der Waals surface area contributed by atoms with Gasteiger partial charge in [0.15, 0.2) is 0 Å². The van der Waals surface area contributed by atoms with Crippen LogP contribution in [-0.2, 0) is 33.6 Å². The van der Waals surface area contributed by atoms with Crippen molar-refractivity contribution in [3.8, 4) is 0 Å². The van der Waals surface area contributed by atoms with Gasteiger partial charge in [-0.3, -0.25) is 28.8 Å². The monoisotopic (exact) mass is 520 g/mol. The van der Waals surface area contributed by atoms with Gasteiger partial charge in [0.05, 0.1) is 12.5 Å². The third-order valence-electron chi connectivity index (χ3n) is 4.48. The fourth-order valence-corrected chi connectivity index (χ4v) is 2.60. The second-order valence-electron chi connectivity index (χ2n) is 7.72. The van der Waals surface area contributed by atoms with Crippen LogP contribution in [0.1, 0.15) is 34.1 Å². The normalized spacial score (nSPS) is 15.7. The van der Waals surface area contributed by atoms with Crippen LogP contribution in [0.2, 0.25) is 0 Å². The summed E-state index contributed by atoms with van der Waals surface area (Å²) < 4.78 is 0. The average molecular weight is 521 g/mol. The number of carbonyl (C=O) groups excluding carboxylic acids is 5. The molecule has 5 amide bonds. The van der Waals surface area contributed by atoms with Crippen LogP contribution < -0.4 is 32.3 Å². The molecule has 0 saturated carbocycles. The molecular weight excluding hydrogens is 488 g/mol. The first-order chi connectivity index (χ1) is 16.1. The Labute approximate surface area is 206 Å². The van der Waals surface area contributed by atoms with E-state index in [0.29, 0.717) is 0 Å². The average Bonchev–Trinajstić information content (AvgIpc) is 2.75. The van der Waals surface area contributed by atoms with E-state index in [1.165, 1.54) is 27.7 Å². The summed E-state index contributed by atoms with van der Waals surface area (Å²) in [5.41, 5.74) is 5.40. The number of nitrogens with one attached hydrogen (secondary N) is 5. The molecule has 0 rings (SSSR count). The molecule has 15 nitrogen and oxygen atoms in total. The third kappa shape index (κ3) is 11.5. The maximum atomic E-state index is 12.5. The van der Waals surface area contributed by atoms with Gasteiger partial charge in [-0.05, 0) is 27.7 Å². The van der Waals surface area contributed by atoms with Crippen molar-refractivity contribution < 1.29 is 43.8 Å². The molecule has 0 unspecified atom stereocenters. The van der Waals surface area contributed by atoms with E-state index in [4.69, 9.17) is 15.9 Å². The lowest BCUT2D eigenvalue weighted by molar-refractivity contribution is -0.141. The summed E-state index contributed by atoms with van der Waals surface area (Å²) in [7, 11) is 0. The van der Waals surface area contributed by atoms with Crippen molar-refractivity contribution in [3.63, 3.8) is 0 Å². The maximum Gasteiger partial charge on any atom is 0.327 e. The molecule has 0 heterocycles. The predicted molar refractivity (Wildman–Crippen MR) is 124 cm³/mol. The maximum absolute atomic E-state index is 12.5. The van der Waals surface area contributed by atoms with Crippen LogP contribution in [0, 0.1) is 0 Å². The van der Waals surface area contributed by atoms with Gasteiger partial charge in [0.25, 0.3) is 0 Å². The Morgan fingerprint density at radius 3 is 1.40 bits per heavy atom. The minimum absolute atomic E-state index is 0.182. The standard InChI is InChI=1S/C19H32N6O9S/c1-7(20)14(28)21-9(3)16(30)24-11(5-13(26)27)18(32)23-8(2)15(29)22-10(4)17(31)25-12(6-35)19(33)34/h7-12,35H,5-6,20H2,1-4H3,(H,21,28)(H,22,29)(H,23,32)(H,24,30)(H,25,31)(H,26,27)(H,33,34)/t7-,8-,9-,10-,11-,12-/m0/s1. The summed E-state index contributed by atoms with van der Waals surface area (Å²) in [6, 6.07) is -7.33. The van der Waals surface area contributed by atoms with Gasteiger partial charge in [0.1, 0.15) is 30.2 Å². The lowest BCUT2D eigenvalue weighted by Gasteiger charge is -2.23. The van der Waals surface area contributed by atoms with Gasteiger partial charge in [0, 0.05) is 5.75 Å². The highest BCUT2D eigenvalue weighted by Crippen LogP contribution is 1.98. The molecule has 0 bridgehead atoms. The Morgan fingerprint density at radius 2 is 1.03 bits per heavy atom. The van der Waals surface area contributed by atoms with Crippen LogP contribution in [0.15, 0.2) is 0 Å². The molecule has 16 heteroatoms. The number of hydrogen-bond acceptors (Lipinski definition) is 9. The Balaban J connectivity index is 5.10. The lowest BCUT2D eigenvalue weighted by Crippen LogP contribution is -2.58. The number of amides is 5. The molecule has 198 valence electrons. The van der Waals surface area contributed by atoms with Gasteiger partial charge >= 0.3 is 11.9 Å². The van der Waals surface area contributed by atoms with Crippen LogP contribution in [-0.4, -0.2) is 93.7 Å². The number of carbonyl (C=O) groups is 7. The minimum atomic E-state index is -1.59. The van der Waals surface area contributed by atoms with Gasteiger partial charge < -0.3 is 42.5 Å². The number of thiol groups is 1. The van der Waals surface area contributed by atoms with E-state index in [9.17, 15) is 33.6 Å². The van der Waals surface area contributed by atoms with Gasteiger partial charge in [-0.25, -0.2) is 4.79 Å². The number of nitrogens with two attached hydrogens (primary N) is 1. The molecule has 6 atom stereocenters. The first kappa shape index (κ1) is 31.6. The molecule has 0 radical (unpaired) electrons. The zero-order chi connectivity index (χ0) is 27.5. The highest BCUT2D eigenvalue weighted by Gasteiger charge is 2.30. The van der Waals surface area contributed by atoms with E-state index in [1.54, 1.807) is 0 Å². The molecule has 0 aliphatic rings. The third-order valence-corrected chi connectivity index (χ3v) is 4.84. The van der Waals surface area contributed by atoms with E-state index in [-0.39, 0.29) is 5.75 Å². The summed E-state index contributed by atoms with van der Waals surface area (Å²) in [4.78, 5) is 83.0.